The lowest BCUT2D eigenvalue weighted by molar-refractivity contribution is -0.165. The molecule has 8 heteroatoms. The van der Waals surface area contributed by atoms with Gasteiger partial charge in [0.05, 0.1) is 11.9 Å². The van der Waals surface area contributed by atoms with Crippen LogP contribution in [0.5, 0.6) is 0 Å². The van der Waals surface area contributed by atoms with Gasteiger partial charge in [0, 0.05) is 7.11 Å². The van der Waals surface area contributed by atoms with Crippen LogP contribution in [-0.2, 0) is 4.74 Å². The molecule has 102 valence electrons. The molecular formula is C10H10BF6O-. The van der Waals surface area contributed by atoms with Crippen molar-refractivity contribution in [2.24, 2.45) is 0 Å². The first-order valence-electron chi connectivity index (χ1n) is 5.02. The molecule has 0 aliphatic heterocycles. The van der Waals surface area contributed by atoms with Crippen molar-refractivity contribution in [3.8, 4) is 0 Å². The lowest BCUT2D eigenvalue weighted by Gasteiger charge is -2.35. The summed E-state index contributed by atoms with van der Waals surface area (Å²) < 4.78 is 79.9. The van der Waals surface area contributed by atoms with Crippen LogP contribution in [0.1, 0.15) is 11.7 Å². The van der Waals surface area contributed by atoms with Gasteiger partial charge in [0.25, 0.3) is 0 Å². The van der Waals surface area contributed by atoms with Crippen molar-refractivity contribution in [1.29, 1.82) is 0 Å². The maximum absolute atomic E-state index is 12.6. The molecule has 0 amide bonds. The summed E-state index contributed by atoms with van der Waals surface area (Å²) in [5, 5.41) is 0. The number of alkyl halides is 3. The second-order valence-corrected chi connectivity index (χ2v) is 3.76. The molecule has 0 heterocycles. The highest BCUT2D eigenvalue weighted by Crippen LogP contribution is 2.50. The second kappa shape index (κ2) is 5.21. The fraction of sp³-hybridized carbons (Fsp3) is 0.400. The smallest absolute Gasteiger partial charge is 0.448 e. The van der Waals surface area contributed by atoms with E-state index in [1.54, 1.807) is 0 Å². The van der Waals surface area contributed by atoms with Gasteiger partial charge in [0.2, 0.25) is 0 Å². The SMILES string of the molecule is COC(c1ccccc1)C([B-](F)(F)F)C(F)(F)F. The van der Waals surface area contributed by atoms with E-state index in [1.807, 2.05) is 0 Å². The van der Waals surface area contributed by atoms with Gasteiger partial charge in [0.15, 0.2) is 0 Å². The van der Waals surface area contributed by atoms with Crippen LogP contribution in [0.4, 0.5) is 26.1 Å². The van der Waals surface area contributed by atoms with Gasteiger partial charge in [-0.3, -0.25) is 0 Å². The van der Waals surface area contributed by atoms with Crippen LogP contribution in [0, 0.1) is 0 Å². The lowest BCUT2D eigenvalue weighted by Crippen LogP contribution is -2.40. The van der Waals surface area contributed by atoms with Crippen LogP contribution in [0.25, 0.3) is 0 Å². The molecule has 2 unspecified atom stereocenters. The molecule has 0 N–H and O–H groups in total. The Kier molecular flexibility index (Phi) is 4.31. The zero-order valence-electron chi connectivity index (χ0n) is 9.29. The molecule has 0 saturated carbocycles. The summed E-state index contributed by atoms with van der Waals surface area (Å²) in [7, 11) is 0.832. The number of hydrogen-bond acceptors (Lipinski definition) is 1. The number of methoxy groups -OCH3 is 1. The highest BCUT2D eigenvalue weighted by atomic mass is 19.4. The summed E-state index contributed by atoms with van der Waals surface area (Å²) in [6, 6.07) is 6.57. The Morgan fingerprint density at radius 2 is 1.56 bits per heavy atom. The second-order valence-electron chi connectivity index (χ2n) is 3.76. The third-order valence-electron chi connectivity index (χ3n) is 2.49. The standard InChI is InChI=1S/C10H10BF6O/c1-18-8(7-5-3-2-4-6-7)9(10(12,13)14)11(15,16)17/h2-6,8-9H,1H3/q-1. The Labute approximate surface area is 99.8 Å². The fourth-order valence-corrected chi connectivity index (χ4v) is 1.72. The van der Waals surface area contributed by atoms with Crippen molar-refractivity contribution < 1.29 is 30.9 Å². The average Bonchev–Trinajstić information content (AvgIpc) is 2.23. The minimum Gasteiger partial charge on any atom is -0.448 e. The molecule has 1 nitrogen and oxygen atoms in total. The van der Waals surface area contributed by atoms with Gasteiger partial charge in [-0.05, 0) is 5.56 Å². The largest absolute Gasteiger partial charge is 0.493 e. The highest BCUT2D eigenvalue weighted by molar-refractivity contribution is 6.60. The van der Waals surface area contributed by atoms with Crippen LogP contribution < -0.4 is 0 Å². The third-order valence-corrected chi connectivity index (χ3v) is 2.49. The minimum atomic E-state index is -6.10. The topological polar surface area (TPSA) is 9.23 Å². The molecule has 2 atom stereocenters. The first kappa shape index (κ1) is 14.9. The Balaban J connectivity index is 3.19. The predicted molar refractivity (Wildman–Crippen MR) is 55.1 cm³/mol. The van der Waals surface area contributed by atoms with E-state index in [0.717, 1.165) is 7.11 Å². The summed E-state index contributed by atoms with van der Waals surface area (Å²) in [6.07, 6.45) is -7.47. The molecule has 0 aliphatic rings. The van der Waals surface area contributed by atoms with E-state index in [2.05, 4.69) is 4.74 Å². The average molecular weight is 271 g/mol. The number of ether oxygens (including phenoxy) is 1. The molecule has 0 saturated heterocycles. The van der Waals surface area contributed by atoms with Gasteiger partial charge in [-0.1, -0.05) is 30.3 Å². The Hall–Kier alpha value is -1.18. The molecule has 0 fully saturated rings. The number of halogens is 6. The molecule has 0 spiro atoms. The Morgan fingerprint density at radius 1 is 1.06 bits per heavy atom. The highest BCUT2D eigenvalue weighted by Gasteiger charge is 2.56. The molecule has 1 aromatic carbocycles. The number of hydrogen-bond donors (Lipinski definition) is 0. The summed E-state index contributed by atoms with van der Waals surface area (Å²) >= 11 is 0. The quantitative estimate of drug-likeness (QED) is 0.590. The zero-order valence-corrected chi connectivity index (χ0v) is 9.29. The lowest BCUT2D eigenvalue weighted by atomic mass is 9.67. The van der Waals surface area contributed by atoms with Crippen molar-refractivity contribution in [2.75, 3.05) is 7.11 Å². The maximum atomic E-state index is 12.6. The van der Waals surface area contributed by atoms with E-state index >= 15 is 0 Å². The van der Waals surface area contributed by atoms with Crippen LogP contribution in [-0.4, -0.2) is 20.3 Å². The van der Waals surface area contributed by atoms with Gasteiger partial charge in [-0.15, -0.1) is 0 Å². The van der Waals surface area contributed by atoms with Crippen molar-refractivity contribution in [2.45, 2.75) is 18.1 Å². The van der Waals surface area contributed by atoms with Crippen LogP contribution in [0.15, 0.2) is 30.3 Å². The zero-order chi connectivity index (χ0) is 14.0. The van der Waals surface area contributed by atoms with E-state index in [-0.39, 0.29) is 5.56 Å². The Morgan fingerprint density at radius 3 is 1.89 bits per heavy atom. The van der Waals surface area contributed by atoms with Crippen LogP contribution in [0.2, 0.25) is 5.82 Å². The van der Waals surface area contributed by atoms with E-state index in [1.165, 1.54) is 30.3 Å². The van der Waals surface area contributed by atoms with Crippen molar-refractivity contribution in [3.63, 3.8) is 0 Å². The summed E-state index contributed by atoms with van der Waals surface area (Å²) in [6.45, 7) is -6.10. The predicted octanol–water partition coefficient (Wildman–Crippen LogP) is 4.15. The molecule has 1 rings (SSSR count). The monoisotopic (exact) mass is 271 g/mol. The van der Waals surface area contributed by atoms with Gasteiger partial charge < -0.3 is 17.7 Å². The number of benzene rings is 1. The molecule has 1 aromatic rings. The van der Waals surface area contributed by atoms with Crippen molar-refractivity contribution in [1.82, 2.24) is 0 Å². The molecule has 0 aliphatic carbocycles. The first-order chi connectivity index (χ1) is 8.18. The van der Waals surface area contributed by atoms with E-state index < -0.39 is 25.1 Å². The van der Waals surface area contributed by atoms with Gasteiger partial charge in [0.1, 0.15) is 0 Å². The minimum absolute atomic E-state index is 0.151. The summed E-state index contributed by atoms with van der Waals surface area (Å²) in [5.74, 6) is -3.48. The molecule has 18 heavy (non-hydrogen) atoms. The first-order valence-corrected chi connectivity index (χ1v) is 5.02. The van der Waals surface area contributed by atoms with Crippen LogP contribution in [0.3, 0.4) is 0 Å². The molecule has 0 aromatic heterocycles. The van der Waals surface area contributed by atoms with Gasteiger partial charge in [-0.2, -0.15) is 13.2 Å². The number of rotatable bonds is 4. The fourth-order valence-electron chi connectivity index (χ4n) is 1.72. The Bertz CT molecular complexity index is 360. The van der Waals surface area contributed by atoms with E-state index in [0.29, 0.717) is 0 Å². The summed E-state index contributed by atoms with van der Waals surface area (Å²) in [4.78, 5) is 0. The molecule has 0 radical (unpaired) electrons. The van der Waals surface area contributed by atoms with Crippen molar-refractivity contribution in [3.05, 3.63) is 35.9 Å². The van der Waals surface area contributed by atoms with Gasteiger partial charge >= 0.3 is 13.2 Å². The molecule has 0 bridgehead atoms. The maximum Gasteiger partial charge on any atom is 0.493 e. The summed E-state index contributed by atoms with van der Waals surface area (Å²) in [5.41, 5.74) is -0.151. The van der Waals surface area contributed by atoms with E-state index in [4.69, 9.17) is 0 Å². The van der Waals surface area contributed by atoms with Crippen molar-refractivity contribution >= 4 is 6.98 Å². The molecular weight excluding hydrogens is 261 g/mol. The third kappa shape index (κ3) is 3.41. The van der Waals surface area contributed by atoms with Gasteiger partial charge in [-0.25, -0.2) is 0 Å². The van der Waals surface area contributed by atoms with Crippen LogP contribution >= 0.6 is 0 Å². The van der Waals surface area contributed by atoms with E-state index in [9.17, 15) is 26.1 Å². The normalized spacial score (nSPS) is 16.4.